The Balaban J connectivity index is 1.78. The summed E-state index contributed by atoms with van der Waals surface area (Å²) in [5.41, 5.74) is 2.54. The Morgan fingerprint density at radius 2 is 1.85 bits per heavy atom. The summed E-state index contributed by atoms with van der Waals surface area (Å²) in [6, 6.07) is 17.2. The van der Waals surface area contributed by atoms with Crippen LogP contribution in [0.2, 0.25) is 0 Å². The zero-order chi connectivity index (χ0) is 13.8. The van der Waals surface area contributed by atoms with E-state index in [4.69, 9.17) is 14.2 Å². The van der Waals surface area contributed by atoms with Crippen LogP contribution in [0.3, 0.4) is 0 Å². The van der Waals surface area contributed by atoms with Crippen LogP contribution in [0, 0.1) is 0 Å². The standard InChI is InChI=1S/C16H14O4/c17-16(20-15-10-18-11-19-15)14-8-4-7-13(9-14)12-5-2-1-3-6-12/h1-9,15H,10-11H2. The zero-order valence-electron chi connectivity index (χ0n) is 10.8. The van der Waals surface area contributed by atoms with Crippen LogP contribution in [-0.4, -0.2) is 25.7 Å². The largest absolute Gasteiger partial charge is 0.429 e. The molecule has 20 heavy (non-hydrogen) atoms. The molecule has 0 N–H and O–H groups in total. The van der Waals surface area contributed by atoms with Crippen LogP contribution >= 0.6 is 0 Å². The molecule has 0 amide bonds. The van der Waals surface area contributed by atoms with Gasteiger partial charge in [0.15, 0.2) is 6.79 Å². The summed E-state index contributed by atoms with van der Waals surface area (Å²) in [6.07, 6.45) is -0.608. The van der Waals surface area contributed by atoms with E-state index in [-0.39, 0.29) is 13.4 Å². The second-order valence-corrected chi connectivity index (χ2v) is 4.44. The fourth-order valence-corrected chi connectivity index (χ4v) is 2.03. The Bertz CT molecular complexity index is 588. The van der Waals surface area contributed by atoms with Crippen molar-refractivity contribution in [3.05, 3.63) is 60.2 Å². The average Bonchev–Trinajstić information content (AvgIpc) is 3.01. The van der Waals surface area contributed by atoms with Crippen molar-refractivity contribution < 1.29 is 19.0 Å². The predicted molar refractivity (Wildman–Crippen MR) is 73.0 cm³/mol. The molecule has 0 radical (unpaired) electrons. The van der Waals surface area contributed by atoms with Gasteiger partial charge >= 0.3 is 5.97 Å². The highest BCUT2D eigenvalue weighted by atomic mass is 16.8. The summed E-state index contributed by atoms with van der Waals surface area (Å²) >= 11 is 0. The van der Waals surface area contributed by atoms with Crippen LogP contribution in [0.5, 0.6) is 0 Å². The van der Waals surface area contributed by atoms with Gasteiger partial charge in [0, 0.05) is 0 Å². The molecule has 4 heteroatoms. The van der Waals surface area contributed by atoms with E-state index < -0.39 is 12.3 Å². The Kier molecular flexibility index (Phi) is 3.76. The van der Waals surface area contributed by atoms with Crippen LogP contribution in [0.15, 0.2) is 54.6 Å². The monoisotopic (exact) mass is 270 g/mol. The molecule has 1 aliphatic rings. The van der Waals surface area contributed by atoms with E-state index in [1.807, 2.05) is 48.5 Å². The lowest BCUT2D eigenvalue weighted by atomic mass is 10.0. The van der Waals surface area contributed by atoms with E-state index in [0.717, 1.165) is 11.1 Å². The molecule has 1 unspecified atom stereocenters. The van der Waals surface area contributed by atoms with Gasteiger partial charge in [-0.3, -0.25) is 0 Å². The molecule has 2 aromatic carbocycles. The maximum Gasteiger partial charge on any atom is 0.340 e. The van der Waals surface area contributed by atoms with Gasteiger partial charge in [0.25, 0.3) is 0 Å². The van der Waals surface area contributed by atoms with Gasteiger partial charge in [-0.2, -0.15) is 0 Å². The minimum Gasteiger partial charge on any atom is -0.429 e. The number of carbonyl (C=O) groups excluding carboxylic acids is 1. The molecule has 4 nitrogen and oxygen atoms in total. The van der Waals surface area contributed by atoms with Crippen molar-refractivity contribution in [3.8, 4) is 11.1 Å². The first-order chi connectivity index (χ1) is 9.83. The summed E-state index contributed by atoms with van der Waals surface area (Å²) in [6.45, 7) is 0.451. The number of rotatable bonds is 3. The molecule has 0 bridgehead atoms. The minimum absolute atomic E-state index is 0.169. The first-order valence-electron chi connectivity index (χ1n) is 6.39. The second kappa shape index (κ2) is 5.86. The van der Waals surface area contributed by atoms with Crippen LogP contribution in [0.4, 0.5) is 0 Å². The highest BCUT2D eigenvalue weighted by molar-refractivity contribution is 5.91. The maximum absolute atomic E-state index is 12.0. The third kappa shape index (κ3) is 2.87. The van der Waals surface area contributed by atoms with E-state index in [9.17, 15) is 4.79 Å². The van der Waals surface area contributed by atoms with E-state index in [0.29, 0.717) is 5.56 Å². The first-order valence-corrected chi connectivity index (χ1v) is 6.39. The number of hydrogen-bond acceptors (Lipinski definition) is 4. The molecule has 0 spiro atoms. The number of hydrogen-bond donors (Lipinski definition) is 0. The Morgan fingerprint density at radius 1 is 1.05 bits per heavy atom. The lowest BCUT2D eigenvalue weighted by Crippen LogP contribution is -2.19. The van der Waals surface area contributed by atoms with Gasteiger partial charge in [-0.25, -0.2) is 4.79 Å². The third-order valence-electron chi connectivity index (χ3n) is 3.04. The average molecular weight is 270 g/mol. The summed E-state index contributed by atoms with van der Waals surface area (Å²) in [5, 5.41) is 0. The molecular weight excluding hydrogens is 256 g/mol. The normalized spacial score (nSPS) is 17.9. The van der Waals surface area contributed by atoms with Crippen LogP contribution in [0.25, 0.3) is 11.1 Å². The lowest BCUT2D eigenvalue weighted by Gasteiger charge is -2.10. The molecular formula is C16H14O4. The lowest BCUT2D eigenvalue weighted by molar-refractivity contribution is -0.0752. The molecule has 1 saturated heterocycles. The summed E-state index contributed by atoms with van der Waals surface area (Å²) in [4.78, 5) is 12.0. The van der Waals surface area contributed by atoms with Gasteiger partial charge in [0.05, 0.1) is 5.56 Å². The van der Waals surface area contributed by atoms with E-state index in [1.165, 1.54) is 0 Å². The van der Waals surface area contributed by atoms with Gasteiger partial charge < -0.3 is 14.2 Å². The highest BCUT2D eigenvalue weighted by Crippen LogP contribution is 2.20. The van der Waals surface area contributed by atoms with Crippen LogP contribution < -0.4 is 0 Å². The molecule has 0 saturated carbocycles. The van der Waals surface area contributed by atoms with E-state index in [1.54, 1.807) is 6.07 Å². The molecule has 102 valence electrons. The quantitative estimate of drug-likeness (QED) is 0.804. The summed E-state index contributed by atoms with van der Waals surface area (Å²) in [7, 11) is 0. The van der Waals surface area contributed by atoms with Crippen LogP contribution in [-0.2, 0) is 14.2 Å². The van der Waals surface area contributed by atoms with Gasteiger partial charge in [0.1, 0.15) is 6.61 Å². The molecule has 1 heterocycles. The summed E-state index contributed by atoms with van der Waals surface area (Å²) < 4.78 is 15.3. The van der Waals surface area contributed by atoms with Gasteiger partial charge in [-0.1, -0.05) is 42.5 Å². The van der Waals surface area contributed by atoms with Crippen molar-refractivity contribution in [1.29, 1.82) is 0 Å². The molecule has 1 fully saturated rings. The van der Waals surface area contributed by atoms with Crippen LogP contribution in [0.1, 0.15) is 10.4 Å². The number of benzene rings is 2. The Labute approximate surface area is 116 Å². The van der Waals surface area contributed by atoms with Crippen molar-refractivity contribution in [1.82, 2.24) is 0 Å². The fraction of sp³-hybridized carbons (Fsp3) is 0.188. The number of esters is 1. The smallest absolute Gasteiger partial charge is 0.340 e. The third-order valence-corrected chi connectivity index (χ3v) is 3.04. The minimum atomic E-state index is -0.608. The van der Waals surface area contributed by atoms with E-state index >= 15 is 0 Å². The van der Waals surface area contributed by atoms with Gasteiger partial charge in [-0.05, 0) is 23.3 Å². The van der Waals surface area contributed by atoms with Crippen molar-refractivity contribution in [3.63, 3.8) is 0 Å². The zero-order valence-corrected chi connectivity index (χ0v) is 10.8. The fourth-order valence-electron chi connectivity index (χ4n) is 2.03. The van der Waals surface area contributed by atoms with Crippen molar-refractivity contribution in [2.75, 3.05) is 13.4 Å². The molecule has 1 atom stereocenters. The van der Waals surface area contributed by atoms with Gasteiger partial charge in [-0.15, -0.1) is 0 Å². The van der Waals surface area contributed by atoms with E-state index in [2.05, 4.69) is 0 Å². The Morgan fingerprint density at radius 3 is 2.60 bits per heavy atom. The molecule has 0 aromatic heterocycles. The molecule has 3 rings (SSSR count). The number of carbonyl (C=O) groups is 1. The van der Waals surface area contributed by atoms with Gasteiger partial charge in [0.2, 0.25) is 6.29 Å². The molecule has 2 aromatic rings. The molecule has 1 aliphatic heterocycles. The maximum atomic E-state index is 12.0. The summed E-state index contributed by atoms with van der Waals surface area (Å²) in [5.74, 6) is -0.404. The molecule has 0 aliphatic carbocycles. The second-order valence-electron chi connectivity index (χ2n) is 4.44. The predicted octanol–water partition coefficient (Wildman–Crippen LogP) is 2.84. The van der Waals surface area contributed by atoms with Crippen molar-refractivity contribution in [2.24, 2.45) is 0 Å². The van der Waals surface area contributed by atoms with Crippen molar-refractivity contribution in [2.45, 2.75) is 6.29 Å². The van der Waals surface area contributed by atoms with Crippen molar-refractivity contribution >= 4 is 5.97 Å². The number of ether oxygens (including phenoxy) is 3. The topological polar surface area (TPSA) is 44.8 Å². The SMILES string of the molecule is O=C(OC1COCO1)c1cccc(-c2ccccc2)c1. The Hall–Kier alpha value is -2.17. The highest BCUT2D eigenvalue weighted by Gasteiger charge is 2.21. The first kappa shape index (κ1) is 12.8.